The van der Waals surface area contributed by atoms with Gasteiger partial charge in [0.15, 0.2) is 0 Å². The summed E-state index contributed by atoms with van der Waals surface area (Å²) in [5.74, 6) is 0.221. The molecule has 2 aromatic rings. The van der Waals surface area contributed by atoms with Crippen LogP contribution in [0.15, 0.2) is 4.52 Å². The molecule has 92 valence electrons. The molecule has 0 unspecified atom stereocenters. The molecule has 0 aliphatic heterocycles. The lowest BCUT2D eigenvalue weighted by molar-refractivity contribution is 0.136. The summed E-state index contributed by atoms with van der Waals surface area (Å²) in [6.07, 6.45) is -1.98. The van der Waals surface area contributed by atoms with Crippen molar-refractivity contribution in [3.8, 4) is 0 Å². The third kappa shape index (κ3) is 2.93. The molecule has 0 aromatic carbocycles. The molecular formula is C8H9F2N5OS. The third-order valence-electron chi connectivity index (χ3n) is 1.85. The summed E-state index contributed by atoms with van der Waals surface area (Å²) in [6, 6.07) is 0. The number of rotatable bonds is 5. The molecule has 0 fully saturated rings. The van der Waals surface area contributed by atoms with E-state index >= 15 is 0 Å². The highest BCUT2D eigenvalue weighted by atomic mass is 32.1. The van der Waals surface area contributed by atoms with Gasteiger partial charge in [-0.15, -0.1) is 0 Å². The number of hydrogen-bond donors (Lipinski definition) is 1. The molecule has 0 saturated heterocycles. The van der Waals surface area contributed by atoms with E-state index in [9.17, 15) is 8.78 Å². The standard InChI is InChI=1S/C8H9F2N5OS/c1-2-4-12-8(17-15-4)11-3-5-13-7(6(9)10)14-16-5/h6H,2-3H2,1H3,(H,11,12,15). The van der Waals surface area contributed by atoms with Gasteiger partial charge in [0.2, 0.25) is 16.8 Å². The molecule has 17 heavy (non-hydrogen) atoms. The fourth-order valence-electron chi connectivity index (χ4n) is 1.05. The Bertz CT molecular complexity index is 486. The van der Waals surface area contributed by atoms with Crippen molar-refractivity contribution in [2.45, 2.75) is 26.3 Å². The van der Waals surface area contributed by atoms with Crippen LogP contribution < -0.4 is 5.32 Å². The Balaban J connectivity index is 1.92. The van der Waals surface area contributed by atoms with Crippen LogP contribution in [0.3, 0.4) is 0 Å². The van der Waals surface area contributed by atoms with Gasteiger partial charge in [0.1, 0.15) is 5.82 Å². The highest BCUT2D eigenvalue weighted by Gasteiger charge is 2.15. The zero-order chi connectivity index (χ0) is 12.3. The maximum atomic E-state index is 12.2. The second-order valence-corrected chi connectivity index (χ2v) is 3.82. The fourth-order valence-corrected chi connectivity index (χ4v) is 1.69. The predicted molar refractivity (Wildman–Crippen MR) is 55.9 cm³/mol. The van der Waals surface area contributed by atoms with E-state index in [2.05, 4.69) is 29.3 Å². The Labute approximate surface area is 99.2 Å². The van der Waals surface area contributed by atoms with Gasteiger partial charge in [0.05, 0.1) is 6.54 Å². The van der Waals surface area contributed by atoms with Crippen molar-refractivity contribution in [2.24, 2.45) is 0 Å². The van der Waals surface area contributed by atoms with Crippen molar-refractivity contribution in [3.63, 3.8) is 0 Å². The summed E-state index contributed by atoms with van der Waals surface area (Å²) in [4.78, 5) is 7.66. The zero-order valence-electron chi connectivity index (χ0n) is 8.85. The Morgan fingerprint density at radius 3 is 2.82 bits per heavy atom. The maximum absolute atomic E-state index is 12.2. The van der Waals surface area contributed by atoms with Crippen LogP contribution in [0.4, 0.5) is 13.9 Å². The molecule has 2 rings (SSSR count). The molecule has 0 aliphatic rings. The van der Waals surface area contributed by atoms with Gasteiger partial charge >= 0.3 is 6.43 Å². The first-order chi connectivity index (χ1) is 8.19. The minimum absolute atomic E-state index is 0.0912. The van der Waals surface area contributed by atoms with E-state index in [0.717, 1.165) is 12.2 Å². The van der Waals surface area contributed by atoms with Crippen LogP contribution in [0.1, 0.15) is 30.9 Å². The van der Waals surface area contributed by atoms with Crippen LogP contribution in [0, 0.1) is 0 Å². The molecule has 9 heteroatoms. The number of nitrogens with one attached hydrogen (secondary N) is 1. The molecule has 6 nitrogen and oxygen atoms in total. The fraction of sp³-hybridized carbons (Fsp3) is 0.500. The second-order valence-electron chi connectivity index (χ2n) is 3.07. The molecule has 0 saturated carbocycles. The van der Waals surface area contributed by atoms with Crippen LogP contribution in [0.5, 0.6) is 0 Å². The molecule has 0 aliphatic carbocycles. The number of anilines is 1. The second kappa shape index (κ2) is 5.13. The van der Waals surface area contributed by atoms with Gasteiger partial charge in [-0.25, -0.2) is 13.8 Å². The van der Waals surface area contributed by atoms with Gasteiger partial charge in [-0.2, -0.15) is 9.36 Å². The van der Waals surface area contributed by atoms with Gasteiger partial charge in [0.25, 0.3) is 0 Å². The van der Waals surface area contributed by atoms with Crippen molar-refractivity contribution in [2.75, 3.05) is 5.32 Å². The molecule has 2 aromatic heterocycles. The molecule has 0 bridgehead atoms. The summed E-state index contributed by atoms with van der Waals surface area (Å²) < 4.78 is 33.0. The van der Waals surface area contributed by atoms with E-state index in [1.807, 2.05) is 6.92 Å². The van der Waals surface area contributed by atoms with Crippen molar-refractivity contribution in [1.29, 1.82) is 0 Å². The van der Waals surface area contributed by atoms with E-state index in [1.165, 1.54) is 11.5 Å². The first-order valence-electron chi connectivity index (χ1n) is 4.86. The predicted octanol–water partition coefficient (Wildman–Crippen LogP) is 2.03. The van der Waals surface area contributed by atoms with E-state index < -0.39 is 12.2 Å². The lowest BCUT2D eigenvalue weighted by Gasteiger charge is -1.95. The smallest absolute Gasteiger partial charge is 0.300 e. The van der Waals surface area contributed by atoms with Gasteiger partial charge in [-0.1, -0.05) is 12.1 Å². The van der Waals surface area contributed by atoms with E-state index in [4.69, 9.17) is 0 Å². The van der Waals surface area contributed by atoms with Crippen LogP contribution in [-0.4, -0.2) is 19.5 Å². The average Bonchev–Trinajstić information content (AvgIpc) is 2.95. The lowest BCUT2D eigenvalue weighted by atomic mass is 10.5. The van der Waals surface area contributed by atoms with Crippen LogP contribution in [-0.2, 0) is 13.0 Å². The number of aryl methyl sites for hydroxylation is 1. The summed E-state index contributed by atoms with van der Waals surface area (Å²) >= 11 is 1.20. The lowest BCUT2D eigenvalue weighted by Crippen LogP contribution is -1.99. The van der Waals surface area contributed by atoms with Crippen molar-refractivity contribution < 1.29 is 13.3 Å². The largest absolute Gasteiger partial charge is 0.351 e. The minimum atomic E-state index is -2.72. The van der Waals surface area contributed by atoms with Crippen molar-refractivity contribution in [3.05, 3.63) is 17.5 Å². The SMILES string of the molecule is CCc1nsc(NCc2nc(C(F)F)no2)n1. The summed E-state index contributed by atoms with van der Waals surface area (Å²) in [7, 11) is 0. The molecule has 0 spiro atoms. The van der Waals surface area contributed by atoms with E-state index in [-0.39, 0.29) is 12.4 Å². The minimum Gasteiger partial charge on any atom is -0.351 e. The van der Waals surface area contributed by atoms with Crippen LogP contribution >= 0.6 is 11.5 Å². The Morgan fingerprint density at radius 1 is 1.41 bits per heavy atom. The maximum Gasteiger partial charge on any atom is 0.300 e. The number of halogens is 2. The number of alkyl halides is 2. The molecule has 0 radical (unpaired) electrons. The normalized spacial score (nSPS) is 11.1. The number of aromatic nitrogens is 4. The first-order valence-corrected chi connectivity index (χ1v) is 5.63. The Kier molecular flexibility index (Phi) is 3.57. The third-order valence-corrected chi connectivity index (χ3v) is 2.56. The number of nitrogens with zero attached hydrogens (tertiary/aromatic N) is 4. The van der Waals surface area contributed by atoms with Crippen LogP contribution in [0.25, 0.3) is 0 Å². The zero-order valence-corrected chi connectivity index (χ0v) is 9.67. The number of hydrogen-bond acceptors (Lipinski definition) is 7. The van der Waals surface area contributed by atoms with Crippen molar-refractivity contribution in [1.82, 2.24) is 19.5 Å². The van der Waals surface area contributed by atoms with E-state index in [1.54, 1.807) is 0 Å². The van der Waals surface area contributed by atoms with Gasteiger partial charge in [-0.05, 0) is 0 Å². The average molecular weight is 261 g/mol. The van der Waals surface area contributed by atoms with E-state index in [0.29, 0.717) is 5.13 Å². The topological polar surface area (TPSA) is 76.7 Å². The quantitative estimate of drug-likeness (QED) is 0.887. The highest BCUT2D eigenvalue weighted by molar-refractivity contribution is 7.09. The Hall–Kier alpha value is -1.64. The Morgan fingerprint density at radius 2 is 2.24 bits per heavy atom. The van der Waals surface area contributed by atoms with Gasteiger partial charge < -0.3 is 9.84 Å². The highest BCUT2D eigenvalue weighted by Crippen LogP contribution is 2.16. The van der Waals surface area contributed by atoms with Gasteiger partial charge in [-0.3, -0.25) is 0 Å². The first kappa shape index (κ1) is 11.8. The molecule has 2 heterocycles. The molecular weight excluding hydrogens is 252 g/mol. The summed E-state index contributed by atoms with van der Waals surface area (Å²) in [5.41, 5.74) is 0. The summed E-state index contributed by atoms with van der Waals surface area (Å²) in [6.45, 7) is 2.09. The summed E-state index contributed by atoms with van der Waals surface area (Å²) in [5, 5.41) is 6.61. The monoisotopic (exact) mass is 261 g/mol. The molecule has 0 amide bonds. The van der Waals surface area contributed by atoms with Crippen molar-refractivity contribution >= 4 is 16.7 Å². The molecule has 0 atom stereocenters. The molecule has 1 N–H and O–H groups in total. The van der Waals surface area contributed by atoms with Crippen LogP contribution in [0.2, 0.25) is 0 Å². The van der Waals surface area contributed by atoms with Gasteiger partial charge in [0, 0.05) is 18.0 Å².